The van der Waals surface area contributed by atoms with E-state index in [1.54, 1.807) is 0 Å². The van der Waals surface area contributed by atoms with Crippen LogP contribution in [0.2, 0.25) is 0 Å². The van der Waals surface area contributed by atoms with E-state index in [1.165, 1.54) is 130 Å². The Bertz CT molecular complexity index is 5460. The van der Waals surface area contributed by atoms with Crippen molar-refractivity contribution in [1.29, 1.82) is 0 Å². The van der Waals surface area contributed by atoms with Gasteiger partial charge in [0.25, 0.3) is 0 Å². The van der Waals surface area contributed by atoms with Gasteiger partial charge in [-0.2, -0.15) is 0 Å². The Hall–Kier alpha value is -9.74. The molecule has 18 rings (SSSR count). The van der Waals surface area contributed by atoms with E-state index in [4.69, 9.17) is 13.3 Å². The average Bonchev–Trinajstić information content (AvgIpc) is 1.62. The van der Waals surface area contributed by atoms with Crippen LogP contribution in [0.25, 0.3) is 108 Å². The normalized spacial score (nSPS) is 12.7. The highest BCUT2D eigenvalue weighted by molar-refractivity contribution is 7.25. The average molecular weight is 1360 g/mol. The molecule has 3 nitrogen and oxygen atoms in total. The maximum absolute atomic E-state index is 6.01. The van der Waals surface area contributed by atoms with Crippen LogP contribution in [-0.2, 0) is 45.3 Å². The van der Waals surface area contributed by atoms with Crippen molar-refractivity contribution in [2.45, 2.75) is 170 Å². The lowest BCUT2D eigenvalue weighted by Gasteiger charge is -2.20. The van der Waals surface area contributed by atoms with Gasteiger partial charge in [-0.1, -0.05) is 325 Å². The Labute approximate surface area is 609 Å². The van der Waals surface area contributed by atoms with Gasteiger partial charge in [-0.25, -0.2) is 0 Å². The molecule has 2 aliphatic carbocycles. The van der Waals surface area contributed by atoms with E-state index in [1.807, 2.05) is 53.8 Å². The van der Waals surface area contributed by atoms with Crippen molar-refractivity contribution in [3.63, 3.8) is 0 Å². The van der Waals surface area contributed by atoms with Crippen LogP contribution in [0.15, 0.2) is 268 Å². The summed E-state index contributed by atoms with van der Waals surface area (Å²) in [6, 6.07) is 90.8. The molecule has 0 saturated carbocycles. The SMILES string of the molecule is CC(C)(C)c1ccc2c(c1)Cc1ccccc1-2.CC(C)(C)c1ccc2c(c1)Cc1ccccc1-2.CC(C)(C)c1ccc2oc3ccccc3c2c1.CC(C)(C)c1ccc2sc3ccccc3c2c1.CC(C)(C)c1cccc2c1oc1ccccc12.CC(C)(C)c1cccc2oc3ccccc3c12. The van der Waals surface area contributed by atoms with E-state index in [0.29, 0.717) is 0 Å². The smallest absolute Gasteiger partial charge is 0.139 e. The van der Waals surface area contributed by atoms with E-state index in [-0.39, 0.29) is 32.5 Å². The molecule has 0 aliphatic heterocycles. The summed E-state index contributed by atoms with van der Waals surface area (Å²) in [5.41, 5.74) is 26.8. The zero-order chi connectivity index (χ0) is 72.3. The molecule has 0 atom stereocenters. The van der Waals surface area contributed by atoms with Crippen molar-refractivity contribution in [3.8, 4) is 22.3 Å². The summed E-state index contributed by atoms with van der Waals surface area (Å²) in [7, 11) is 0. The second kappa shape index (κ2) is 27.6. The zero-order valence-corrected chi connectivity index (χ0v) is 64.1. The van der Waals surface area contributed by atoms with Crippen molar-refractivity contribution in [1.82, 2.24) is 0 Å². The first-order valence-electron chi connectivity index (χ1n) is 36.5. The van der Waals surface area contributed by atoms with Gasteiger partial charge in [0.05, 0.1) is 0 Å². The third-order valence-electron chi connectivity index (χ3n) is 20.2. The highest BCUT2D eigenvalue weighted by atomic mass is 32.1. The number of hydrogen-bond acceptors (Lipinski definition) is 4. The molecule has 0 amide bonds. The monoisotopic (exact) mass is 1360 g/mol. The number of para-hydroxylation sites is 4. The highest BCUT2D eigenvalue weighted by Gasteiger charge is 2.26. The summed E-state index contributed by atoms with van der Waals surface area (Å²) in [4.78, 5) is 0. The van der Waals surface area contributed by atoms with Gasteiger partial charge < -0.3 is 13.3 Å². The highest BCUT2D eigenvalue weighted by Crippen LogP contribution is 2.43. The van der Waals surface area contributed by atoms with Gasteiger partial charge in [0, 0.05) is 58.1 Å². The minimum absolute atomic E-state index is 0.105. The standard InChI is InChI=1S/2C17H18.3C16H16O.C16H16S/c2*1-17(2,3)14-8-9-16-13(11-14)10-12-6-4-5-7-15(12)16;1-16(2,3)13-9-6-8-12-11-7-4-5-10-14(11)17-15(12)13;1-16(2,3)12-8-6-10-14-15(12)11-7-4-5-9-13(11)17-14;2*1-16(2,3)11-8-9-15-13(10-11)12-6-4-5-7-14(12)17-15/h2*4-9,11H,10H2,1-3H3;4*4-10H,1-3H3. The summed E-state index contributed by atoms with van der Waals surface area (Å²) in [6.07, 6.45) is 2.19. The lowest BCUT2D eigenvalue weighted by molar-refractivity contribution is 0.573. The fourth-order valence-electron chi connectivity index (χ4n) is 14.3. The number of hydrogen-bond donors (Lipinski definition) is 0. The van der Waals surface area contributed by atoms with E-state index >= 15 is 0 Å². The molecule has 102 heavy (non-hydrogen) atoms. The first kappa shape index (κ1) is 70.7. The van der Waals surface area contributed by atoms with E-state index in [0.717, 1.165) is 46.3 Å². The molecular formula is C98H100O3S. The third kappa shape index (κ3) is 14.8. The summed E-state index contributed by atoms with van der Waals surface area (Å²) in [5, 5.41) is 10.1. The molecule has 4 heterocycles. The quantitative estimate of drug-likeness (QED) is 0.152. The predicted molar refractivity (Wildman–Crippen MR) is 442 cm³/mol. The molecule has 0 spiro atoms. The number of rotatable bonds is 0. The fourth-order valence-corrected chi connectivity index (χ4v) is 15.4. The second-order valence-corrected chi connectivity index (χ2v) is 35.2. The van der Waals surface area contributed by atoms with Crippen molar-refractivity contribution < 1.29 is 13.3 Å². The first-order chi connectivity index (χ1) is 48.4. The van der Waals surface area contributed by atoms with Crippen molar-refractivity contribution in [3.05, 3.63) is 310 Å². The lowest BCUT2D eigenvalue weighted by Crippen LogP contribution is -2.11. The summed E-state index contributed by atoms with van der Waals surface area (Å²) >= 11 is 1.88. The summed E-state index contributed by atoms with van der Waals surface area (Å²) in [5.74, 6) is 0. The first-order valence-corrected chi connectivity index (χ1v) is 37.3. The van der Waals surface area contributed by atoms with Crippen LogP contribution in [0.5, 0.6) is 0 Å². The Morgan fingerprint density at radius 1 is 0.235 bits per heavy atom. The maximum Gasteiger partial charge on any atom is 0.139 e. The summed E-state index contributed by atoms with van der Waals surface area (Å²) in [6.45, 7) is 40.5. The van der Waals surface area contributed by atoms with E-state index < -0.39 is 0 Å². The largest absolute Gasteiger partial charge is 0.456 e. The van der Waals surface area contributed by atoms with Gasteiger partial charge in [0.1, 0.15) is 33.5 Å². The molecular weight excluding hydrogens is 1260 g/mol. The Kier molecular flexibility index (Phi) is 19.1. The van der Waals surface area contributed by atoms with Crippen LogP contribution in [-0.4, -0.2) is 0 Å². The van der Waals surface area contributed by atoms with Crippen LogP contribution in [0.1, 0.15) is 180 Å². The van der Waals surface area contributed by atoms with E-state index in [9.17, 15) is 0 Å². The van der Waals surface area contributed by atoms with Gasteiger partial charge in [-0.3, -0.25) is 0 Å². The molecule has 4 aromatic heterocycles. The van der Waals surface area contributed by atoms with Crippen LogP contribution < -0.4 is 0 Å². The minimum Gasteiger partial charge on any atom is -0.456 e. The maximum atomic E-state index is 6.01. The Balaban J connectivity index is 0.000000109. The number of fused-ring (bicyclic) bond motifs is 18. The fraction of sp³-hybridized carbons (Fsp3) is 0.265. The molecule has 0 unspecified atom stereocenters. The van der Waals surface area contributed by atoms with Crippen LogP contribution >= 0.6 is 11.3 Å². The van der Waals surface area contributed by atoms with Gasteiger partial charge in [0.2, 0.25) is 0 Å². The van der Waals surface area contributed by atoms with Crippen LogP contribution in [0.4, 0.5) is 0 Å². The topological polar surface area (TPSA) is 39.4 Å². The molecule has 16 aromatic rings. The lowest BCUT2D eigenvalue weighted by atomic mass is 9.84. The molecule has 4 heteroatoms. The van der Waals surface area contributed by atoms with Crippen LogP contribution in [0, 0.1) is 0 Å². The Morgan fingerprint density at radius 2 is 0.598 bits per heavy atom. The number of furan rings is 3. The predicted octanol–water partition coefficient (Wildman–Crippen LogP) is 29.1. The number of thiophene rings is 1. The molecule has 0 N–H and O–H groups in total. The molecule has 0 saturated heterocycles. The molecule has 516 valence electrons. The van der Waals surface area contributed by atoms with Crippen molar-refractivity contribution in [2.75, 3.05) is 0 Å². The molecule has 0 radical (unpaired) electrons. The van der Waals surface area contributed by atoms with Crippen LogP contribution in [0.3, 0.4) is 0 Å². The Morgan fingerprint density at radius 3 is 1.15 bits per heavy atom. The van der Waals surface area contributed by atoms with Gasteiger partial charge in [-0.15, -0.1) is 11.3 Å². The summed E-state index contributed by atoms with van der Waals surface area (Å²) < 4.78 is 20.5. The number of benzene rings is 12. The molecule has 12 aromatic carbocycles. The molecule has 0 bridgehead atoms. The second-order valence-electron chi connectivity index (χ2n) is 34.1. The third-order valence-corrected chi connectivity index (χ3v) is 21.4. The molecule has 2 aliphatic rings. The minimum atomic E-state index is 0.105. The molecule has 0 fully saturated rings. The van der Waals surface area contributed by atoms with Gasteiger partial charge in [-0.05, 0) is 172 Å². The van der Waals surface area contributed by atoms with E-state index in [2.05, 4.69) is 337 Å². The van der Waals surface area contributed by atoms with Gasteiger partial charge in [0.15, 0.2) is 0 Å². The van der Waals surface area contributed by atoms with Crippen molar-refractivity contribution >= 4 is 97.3 Å². The zero-order valence-electron chi connectivity index (χ0n) is 63.3. The van der Waals surface area contributed by atoms with Crippen molar-refractivity contribution in [2.24, 2.45) is 0 Å². The van der Waals surface area contributed by atoms with Gasteiger partial charge >= 0.3 is 0 Å².